The molecule has 3 N–H and O–H groups in total. The maximum atomic E-state index is 11.0. The number of nitrogens with two attached hydrogens (primary N) is 1. The van der Waals surface area contributed by atoms with E-state index in [1.54, 1.807) is 12.1 Å². The van der Waals surface area contributed by atoms with Crippen LogP contribution in [0.3, 0.4) is 0 Å². The van der Waals surface area contributed by atoms with Crippen molar-refractivity contribution in [3.05, 3.63) is 89.7 Å². The van der Waals surface area contributed by atoms with Gasteiger partial charge in [-0.15, -0.1) is 0 Å². The van der Waals surface area contributed by atoms with Crippen LogP contribution in [0.15, 0.2) is 72.9 Å². The summed E-state index contributed by atoms with van der Waals surface area (Å²) in [5.41, 5.74) is 8.52. The number of anilines is 1. The van der Waals surface area contributed by atoms with Crippen molar-refractivity contribution in [2.75, 3.05) is 5.73 Å². The van der Waals surface area contributed by atoms with Crippen molar-refractivity contribution in [2.24, 2.45) is 0 Å². The Bertz CT molecular complexity index is 848. The highest BCUT2D eigenvalue weighted by atomic mass is 16.5. The van der Waals surface area contributed by atoms with E-state index in [4.69, 9.17) is 15.6 Å². The van der Waals surface area contributed by atoms with Gasteiger partial charge in [-0.3, -0.25) is 4.98 Å². The molecule has 3 rings (SSSR count). The summed E-state index contributed by atoms with van der Waals surface area (Å²) in [5, 5.41) is 8.99. The third kappa shape index (κ3) is 4.14. The van der Waals surface area contributed by atoms with Crippen LogP contribution in [-0.2, 0) is 6.42 Å². The zero-order valence-electron chi connectivity index (χ0n) is 13.5. The third-order valence-corrected chi connectivity index (χ3v) is 3.83. The van der Waals surface area contributed by atoms with Crippen LogP contribution in [-0.4, -0.2) is 16.1 Å². The van der Waals surface area contributed by atoms with E-state index in [0.717, 1.165) is 17.0 Å². The standard InChI is InChI=1S/C20H18N2O3/c21-18-9-5-4-8-17(18)19(25-16-6-2-1-3-7-16)12-15-11-10-14(13-22-15)20(23)24/h1-11,13,19H,12,21H2,(H,23,24). The number of aromatic carboxylic acids is 1. The largest absolute Gasteiger partial charge is 0.485 e. The fraction of sp³-hybridized carbons (Fsp3) is 0.100. The first kappa shape index (κ1) is 16.5. The van der Waals surface area contributed by atoms with Gasteiger partial charge in [-0.2, -0.15) is 0 Å². The van der Waals surface area contributed by atoms with Crippen molar-refractivity contribution >= 4 is 11.7 Å². The predicted molar refractivity (Wildman–Crippen MR) is 95.6 cm³/mol. The van der Waals surface area contributed by atoms with Crippen molar-refractivity contribution < 1.29 is 14.6 Å². The number of hydrogen-bond donors (Lipinski definition) is 2. The summed E-state index contributed by atoms with van der Waals surface area (Å²) in [4.78, 5) is 15.2. The lowest BCUT2D eigenvalue weighted by Gasteiger charge is -2.21. The highest BCUT2D eigenvalue weighted by Crippen LogP contribution is 2.28. The molecule has 0 radical (unpaired) electrons. The summed E-state index contributed by atoms with van der Waals surface area (Å²) in [6, 6.07) is 20.3. The summed E-state index contributed by atoms with van der Waals surface area (Å²) in [6.07, 6.45) is 1.50. The number of carbonyl (C=O) groups is 1. The number of pyridine rings is 1. The number of carboxylic acids is 1. The first-order valence-electron chi connectivity index (χ1n) is 7.88. The SMILES string of the molecule is Nc1ccccc1C(Cc1ccc(C(=O)O)cn1)Oc1ccccc1. The van der Waals surface area contributed by atoms with Crippen LogP contribution in [0, 0.1) is 0 Å². The molecule has 3 aromatic rings. The minimum atomic E-state index is -0.997. The molecule has 1 unspecified atom stereocenters. The number of ether oxygens (including phenoxy) is 1. The monoisotopic (exact) mass is 334 g/mol. The number of nitrogens with zero attached hydrogens (tertiary/aromatic N) is 1. The molecular weight excluding hydrogens is 316 g/mol. The van der Waals surface area contributed by atoms with Gasteiger partial charge in [-0.1, -0.05) is 36.4 Å². The van der Waals surface area contributed by atoms with Gasteiger partial charge < -0.3 is 15.6 Å². The number of benzene rings is 2. The van der Waals surface area contributed by atoms with Crippen LogP contribution >= 0.6 is 0 Å². The molecule has 2 aromatic carbocycles. The van der Waals surface area contributed by atoms with Crippen LogP contribution in [0.2, 0.25) is 0 Å². The lowest BCUT2D eigenvalue weighted by Crippen LogP contribution is -2.14. The molecule has 0 saturated heterocycles. The number of carboxylic acid groups (broad SMARTS) is 1. The van der Waals surface area contributed by atoms with E-state index in [-0.39, 0.29) is 11.7 Å². The zero-order valence-corrected chi connectivity index (χ0v) is 13.5. The Labute approximate surface area is 145 Å². The number of aromatic nitrogens is 1. The van der Waals surface area contributed by atoms with Crippen molar-refractivity contribution in [1.29, 1.82) is 0 Å². The Morgan fingerprint density at radius 2 is 1.76 bits per heavy atom. The first-order chi connectivity index (χ1) is 12.1. The van der Waals surface area contributed by atoms with E-state index in [1.807, 2.05) is 54.6 Å². The van der Waals surface area contributed by atoms with Crippen LogP contribution < -0.4 is 10.5 Å². The fourth-order valence-electron chi connectivity index (χ4n) is 2.54. The molecule has 0 aliphatic carbocycles. The van der Waals surface area contributed by atoms with Crippen LogP contribution in [0.5, 0.6) is 5.75 Å². The van der Waals surface area contributed by atoms with Crippen molar-refractivity contribution in [2.45, 2.75) is 12.5 Å². The summed E-state index contributed by atoms with van der Waals surface area (Å²) in [5.74, 6) is -0.263. The van der Waals surface area contributed by atoms with Gasteiger partial charge in [-0.05, 0) is 30.3 Å². The Kier molecular flexibility index (Phi) is 4.95. The lowest BCUT2D eigenvalue weighted by atomic mass is 10.0. The van der Waals surface area contributed by atoms with Crippen molar-refractivity contribution in [3.63, 3.8) is 0 Å². The van der Waals surface area contributed by atoms with E-state index in [0.29, 0.717) is 12.1 Å². The number of rotatable bonds is 6. The Morgan fingerprint density at radius 1 is 1.04 bits per heavy atom. The second kappa shape index (κ2) is 7.49. The molecule has 0 saturated carbocycles. The molecule has 0 aliphatic heterocycles. The molecule has 25 heavy (non-hydrogen) atoms. The van der Waals surface area contributed by atoms with Crippen LogP contribution in [0.25, 0.3) is 0 Å². The van der Waals surface area contributed by atoms with Gasteiger partial charge in [0.2, 0.25) is 0 Å². The second-order valence-corrected chi connectivity index (χ2v) is 5.60. The maximum absolute atomic E-state index is 11.0. The molecular formula is C20H18N2O3. The molecule has 0 aliphatic rings. The first-order valence-corrected chi connectivity index (χ1v) is 7.88. The topological polar surface area (TPSA) is 85.4 Å². The normalized spacial score (nSPS) is 11.7. The molecule has 126 valence electrons. The van der Waals surface area contributed by atoms with E-state index in [1.165, 1.54) is 6.20 Å². The third-order valence-electron chi connectivity index (χ3n) is 3.83. The van der Waals surface area contributed by atoms with Gasteiger partial charge in [0.25, 0.3) is 0 Å². The highest BCUT2D eigenvalue weighted by molar-refractivity contribution is 5.87. The minimum absolute atomic E-state index is 0.156. The van der Waals surface area contributed by atoms with Crippen LogP contribution in [0.4, 0.5) is 5.69 Å². The second-order valence-electron chi connectivity index (χ2n) is 5.60. The molecule has 1 aromatic heterocycles. The van der Waals surface area contributed by atoms with Gasteiger partial charge in [0.05, 0.1) is 5.56 Å². The summed E-state index contributed by atoms with van der Waals surface area (Å²) >= 11 is 0. The predicted octanol–water partition coefficient (Wildman–Crippen LogP) is 3.72. The molecule has 5 heteroatoms. The Balaban J connectivity index is 1.88. The summed E-state index contributed by atoms with van der Waals surface area (Å²) in [6.45, 7) is 0. The van der Waals surface area contributed by atoms with E-state index < -0.39 is 5.97 Å². The summed E-state index contributed by atoms with van der Waals surface area (Å²) in [7, 11) is 0. The van der Waals surface area contributed by atoms with E-state index >= 15 is 0 Å². The molecule has 1 atom stereocenters. The number of para-hydroxylation sites is 2. The van der Waals surface area contributed by atoms with Crippen molar-refractivity contribution in [1.82, 2.24) is 4.98 Å². The highest BCUT2D eigenvalue weighted by Gasteiger charge is 2.18. The molecule has 0 spiro atoms. The minimum Gasteiger partial charge on any atom is -0.485 e. The van der Waals surface area contributed by atoms with Gasteiger partial charge in [0.15, 0.2) is 0 Å². The zero-order chi connectivity index (χ0) is 17.6. The number of nitrogen functional groups attached to an aromatic ring is 1. The lowest BCUT2D eigenvalue weighted by molar-refractivity contribution is 0.0696. The molecule has 5 nitrogen and oxygen atoms in total. The molecule has 0 bridgehead atoms. The quantitative estimate of drug-likeness (QED) is 0.671. The molecule has 0 fully saturated rings. The van der Waals surface area contributed by atoms with Gasteiger partial charge >= 0.3 is 5.97 Å². The summed E-state index contributed by atoms with van der Waals surface area (Å²) < 4.78 is 6.13. The van der Waals surface area contributed by atoms with E-state index in [9.17, 15) is 4.79 Å². The smallest absolute Gasteiger partial charge is 0.337 e. The molecule has 1 heterocycles. The Morgan fingerprint density at radius 3 is 2.40 bits per heavy atom. The number of hydrogen-bond acceptors (Lipinski definition) is 4. The van der Waals surface area contributed by atoms with E-state index in [2.05, 4.69) is 4.98 Å². The fourth-order valence-corrected chi connectivity index (χ4v) is 2.54. The van der Waals surface area contributed by atoms with Crippen LogP contribution in [0.1, 0.15) is 27.7 Å². The van der Waals surface area contributed by atoms with Gasteiger partial charge in [0.1, 0.15) is 11.9 Å². The maximum Gasteiger partial charge on any atom is 0.337 e. The average molecular weight is 334 g/mol. The Hall–Kier alpha value is -3.34. The van der Waals surface area contributed by atoms with Gasteiger partial charge in [0, 0.05) is 29.6 Å². The van der Waals surface area contributed by atoms with Gasteiger partial charge in [-0.25, -0.2) is 4.79 Å². The molecule has 0 amide bonds. The average Bonchev–Trinajstić information content (AvgIpc) is 2.63. The van der Waals surface area contributed by atoms with Crippen molar-refractivity contribution in [3.8, 4) is 5.75 Å².